The fraction of sp³-hybridized carbons (Fsp3) is 0.133. The Kier molecular flexibility index (Phi) is 4.11. The van der Waals surface area contributed by atoms with Crippen molar-refractivity contribution >= 4 is 21.7 Å². The number of rotatable bonds is 5. The van der Waals surface area contributed by atoms with Crippen LogP contribution in [0.2, 0.25) is 0 Å². The van der Waals surface area contributed by atoms with Gasteiger partial charge in [-0.25, -0.2) is 13.2 Å². The number of methoxy groups -OCH3 is 1. The minimum Gasteiger partial charge on any atom is -0.495 e. The zero-order chi connectivity index (χ0) is 19.1. The molecule has 2 N–H and O–H groups in total. The summed E-state index contributed by atoms with van der Waals surface area (Å²) in [6.07, 6.45) is -3.83. The molecule has 2 aromatic rings. The number of hydrogen-bond donors (Lipinski definition) is 2. The number of hydrogen-bond acceptors (Lipinski definition) is 6. The molecule has 0 bridgehead atoms. The SMILES string of the molecule is COc1ccc(C(=O)O)cc1S(=O)(=O)Nc1ccc2c(c1)OC(F)(F)O2. The third kappa shape index (κ3) is 3.33. The van der Waals surface area contributed by atoms with Crippen LogP contribution in [0.3, 0.4) is 0 Å². The number of carboxylic acid groups (broad SMARTS) is 1. The van der Waals surface area contributed by atoms with Crippen molar-refractivity contribution in [1.82, 2.24) is 0 Å². The Bertz CT molecular complexity index is 991. The van der Waals surface area contributed by atoms with Crippen molar-refractivity contribution in [3.05, 3.63) is 42.0 Å². The lowest BCUT2D eigenvalue weighted by Crippen LogP contribution is -2.25. The number of ether oxygens (including phenoxy) is 3. The predicted octanol–water partition coefficient (Wildman–Crippen LogP) is 2.52. The van der Waals surface area contributed by atoms with Crippen molar-refractivity contribution in [2.75, 3.05) is 11.8 Å². The second-order valence-corrected chi connectivity index (χ2v) is 6.76. The highest BCUT2D eigenvalue weighted by atomic mass is 32.2. The van der Waals surface area contributed by atoms with E-state index in [4.69, 9.17) is 9.84 Å². The Morgan fingerprint density at radius 3 is 2.50 bits per heavy atom. The first-order valence-electron chi connectivity index (χ1n) is 6.95. The summed E-state index contributed by atoms with van der Waals surface area (Å²) < 4.78 is 66.8. The molecule has 0 radical (unpaired) electrons. The number of anilines is 1. The maximum Gasteiger partial charge on any atom is 0.586 e. The van der Waals surface area contributed by atoms with Gasteiger partial charge in [-0.05, 0) is 30.3 Å². The maximum atomic E-state index is 13.0. The van der Waals surface area contributed by atoms with Crippen molar-refractivity contribution in [1.29, 1.82) is 0 Å². The molecule has 0 amide bonds. The third-order valence-corrected chi connectivity index (χ3v) is 4.76. The number of sulfonamides is 1. The Hall–Kier alpha value is -3.08. The average Bonchev–Trinajstić information content (AvgIpc) is 2.86. The molecule has 0 atom stereocenters. The summed E-state index contributed by atoms with van der Waals surface area (Å²) in [5.41, 5.74) is -0.357. The van der Waals surface area contributed by atoms with E-state index in [1.54, 1.807) is 0 Å². The van der Waals surface area contributed by atoms with Crippen LogP contribution in [0, 0.1) is 0 Å². The largest absolute Gasteiger partial charge is 0.586 e. The zero-order valence-electron chi connectivity index (χ0n) is 13.0. The fourth-order valence-electron chi connectivity index (χ4n) is 2.24. The molecule has 138 valence electrons. The monoisotopic (exact) mass is 387 g/mol. The summed E-state index contributed by atoms with van der Waals surface area (Å²) in [6.45, 7) is 0. The lowest BCUT2D eigenvalue weighted by molar-refractivity contribution is -0.286. The zero-order valence-corrected chi connectivity index (χ0v) is 13.8. The summed E-state index contributed by atoms with van der Waals surface area (Å²) in [5.74, 6) is -2.01. The second-order valence-electron chi connectivity index (χ2n) is 5.11. The van der Waals surface area contributed by atoms with Crippen LogP contribution >= 0.6 is 0 Å². The van der Waals surface area contributed by atoms with E-state index in [1.165, 1.54) is 25.3 Å². The van der Waals surface area contributed by atoms with Crippen molar-refractivity contribution < 1.29 is 41.3 Å². The molecule has 8 nitrogen and oxygen atoms in total. The number of benzene rings is 2. The molecule has 3 rings (SSSR count). The van der Waals surface area contributed by atoms with Crippen molar-refractivity contribution in [3.8, 4) is 17.2 Å². The van der Waals surface area contributed by atoms with Gasteiger partial charge in [0.05, 0.1) is 18.4 Å². The topological polar surface area (TPSA) is 111 Å². The second kappa shape index (κ2) is 6.02. The lowest BCUT2D eigenvalue weighted by Gasteiger charge is -2.12. The quantitative estimate of drug-likeness (QED) is 0.811. The van der Waals surface area contributed by atoms with E-state index in [0.29, 0.717) is 0 Å². The lowest BCUT2D eigenvalue weighted by atomic mass is 10.2. The van der Waals surface area contributed by atoms with Crippen LogP contribution in [0.25, 0.3) is 0 Å². The summed E-state index contributed by atoms with van der Waals surface area (Å²) in [5, 5.41) is 9.03. The summed E-state index contributed by atoms with van der Waals surface area (Å²) in [7, 11) is -3.06. The Labute approximate surface area is 146 Å². The van der Waals surface area contributed by atoms with E-state index in [-0.39, 0.29) is 28.5 Å². The Balaban J connectivity index is 1.96. The van der Waals surface area contributed by atoms with Crippen molar-refractivity contribution in [2.45, 2.75) is 11.2 Å². The first kappa shape index (κ1) is 17.7. The molecule has 0 unspecified atom stereocenters. The van der Waals surface area contributed by atoms with Gasteiger partial charge in [0.25, 0.3) is 10.0 Å². The molecule has 0 saturated heterocycles. The van der Waals surface area contributed by atoms with Crippen LogP contribution < -0.4 is 18.9 Å². The number of aromatic carboxylic acids is 1. The smallest absolute Gasteiger partial charge is 0.495 e. The van der Waals surface area contributed by atoms with Crippen LogP contribution in [0.5, 0.6) is 17.2 Å². The molecule has 1 aliphatic rings. The van der Waals surface area contributed by atoms with Crippen LogP contribution in [0.4, 0.5) is 14.5 Å². The highest BCUT2D eigenvalue weighted by Gasteiger charge is 2.43. The number of carboxylic acids is 1. The summed E-state index contributed by atoms with van der Waals surface area (Å²) >= 11 is 0. The first-order chi connectivity index (χ1) is 12.1. The van der Waals surface area contributed by atoms with E-state index in [1.807, 2.05) is 0 Å². The van der Waals surface area contributed by atoms with Crippen molar-refractivity contribution in [2.24, 2.45) is 0 Å². The van der Waals surface area contributed by atoms with Gasteiger partial charge in [-0.1, -0.05) is 0 Å². The maximum absolute atomic E-state index is 13.0. The van der Waals surface area contributed by atoms with E-state index in [0.717, 1.165) is 18.2 Å². The van der Waals surface area contributed by atoms with E-state index in [9.17, 15) is 22.0 Å². The van der Waals surface area contributed by atoms with Gasteiger partial charge in [0, 0.05) is 6.07 Å². The van der Waals surface area contributed by atoms with Crippen LogP contribution in [0.1, 0.15) is 10.4 Å². The predicted molar refractivity (Wildman–Crippen MR) is 83.4 cm³/mol. The van der Waals surface area contributed by atoms with Crippen molar-refractivity contribution in [3.63, 3.8) is 0 Å². The number of carbonyl (C=O) groups is 1. The molecular formula is C15H11F2NO7S. The molecule has 2 aromatic carbocycles. The molecule has 1 aliphatic heterocycles. The standard InChI is InChI=1S/C15H11F2NO7S/c1-23-11-4-2-8(14(19)20)6-13(11)26(21,22)18-9-3-5-10-12(7-9)25-15(16,17)24-10/h2-7,18H,1H3,(H,19,20). The minimum atomic E-state index is -4.28. The van der Waals surface area contributed by atoms with E-state index >= 15 is 0 Å². The van der Waals surface area contributed by atoms with Gasteiger partial charge in [-0.2, -0.15) is 0 Å². The highest BCUT2D eigenvalue weighted by molar-refractivity contribution is 7.92. The number of alkyl halides is 2. The molecule has 0 spiro atoms. The highest BCUT2D eigenvalue weighted by Crippen LogP contribution is 2.42. The molecule has 0 aliphatic carbocycles. The van der Waals surface area contributed by atoms with Gasteiger partial charge in [0.2, 0.25) is 0 Å². The summed E-state index contributed by atoms with van der Waals surface area (Å²) in [6, 6.07) is 6.61. The molecule has 26 heavy (non-hydrogen) atoms. The molecule has 0 saturated carbocycles. The van der Waals surface area contributed by atoms with Gasteiger partial charge in [-0.15, -0.1) is 8.78 Å². The van der Waals surface area contributed by atoms with Gasteiger partial charge in [0.1, 0.15) is 10.6 Å². The van der Waals surface area contributed by atoms with Crippen LogP contribution in [-0.4, -0.2) is 32.9 Å². The average molecular weight is 387 g/mol. The van der Waals surface area contributed by atoms with Gasteiger partial charge in [-0.3, -0.25) is 4.72 Å². The molecule has 0 fully saturated rings. The number of fused-ring (bicyclic) bond motifs is 1. The number of nitrogens with one attached hydrogen (secondary N) is 1. The minimum absolute atomic E-state index is 0.0882. The Morgan fingerprint density at radius 2 is 1.85 bits per heavy atom. The first-order valence-corrected chi connectivity index (χ1v) is 8.44. The molecule has 1 heterocycles. The van der Waals surface area contributed by atoms with Gasteiger partial charge >= 0.3 is 12.3 Å². The normalized spacial score (nSPS) is 14.7. The van der Waals surface area contributed by atoms with Crippen LogP contribution in [0.15, 0.2) is 41.3 Å². The third-order valence-electron chi connectivity index (χ3n) is 3.35. The van der Waals surface area contributed by atoms with Gasteiger partial charge < -0.3 is 19.3 Å². The number of halogens is 2. The molecule has 11 heteroatoms. The summed E-state index contributed by atoms with van der Waals surface area (Å²) in [4.78, 5) is 10.6. The Morgan fingerprint density at radius 1 is 1.15 bits per heavy atom. The van der Waals surface area contributed by atoms with E-state index in [2.05, 4.69) is 14.2 Å². The van der Waals surface area contributed by atoms with E-state index < -0.39 is 27.2 Å². The molecule has 0 aromatic heterocycles. The molecular weight excluding hydrogens is 376 g/mol. The van der Waals surface area contributed by atoms with Gasteiger partial charge in [0.15, 0.2) is 11.5 Å². The van der Waals surface area contributed by atoms with Crippen LogP contribution in [-0.2, 0) is 10.0 Å². The fourth-order valence-corrected chi connectivity index (χ4v) is 3.49.